The molecule has 1 saturated heterocycles. The summed E-state index contributed by atoms with van der Waals surface area (Å²) in [5.41, 5.74) is 1.67. The second kappa shape index (κ2) is 8.28. The van der Waals surface area contributed by atoms with Crippen molar-refractivity contribution in [3.8, 4) is 0 Å². The lowest BCUT2D eigenvalue weighted by atomic mass is 10.1. The third-order valence-corrected chi connectivity index (χ3v) is 7.08. The average Bonchev–Trinajstić information content (AvgIpc) is 2.63. The van der Waals surface area contributed by atoms with Crippen molar-refractivity contribution in [2.75, 3.05) is 31.6 Å². The summed E-state index contributed by atoms with van der Waals surface area (Å²) < 4.78 is 33.2. The number of ether oxygens (including phenoxy) is 1. The monoisotopic (exact) mass is 472 g/mol. The van der Waals surface area contributed by atoms with E-state index >= 15 is 0 Å². The summed E-state index contributed by atoms with van der Waals surface area (Å²) in [7, 11) is -3.77. The molecule has 0 aliphatic carbocycles. The van der Waals surface area contributed by atoms with Gasteiger partial charge in [0, 0.05) is 28.8 Å². The molecule has 1 aliphatic rings. The van der Waals surface area contributed by atoms with E-state index in [4.69, 9.17) is 16.3 Å². The average molecular weight is 474 g/mol. The highest BCUT2D eigenvalue weighted by molar-refractivity contribution is 9.10. The highest BCUT2D eigenvalue weighted by Crippen LogP contribution is 2.28. The number of morpholine rings is 1. The van der Waals surface area contributed by atoms with E-state index in [0.29, 0.717) is 24.5 Å². The van der Waals surface area contributed by atoms with Crippen LogP contribution in [0.25, 0.3) is 0 Å². The second-order valence-corrected chi connectivity index (χ2v) is 9.30. The number of nitrogens with one attached hydrogen (secondary N) is 1. The van der Waals surface area contributed by atoms with Crippen LogP contribution in [0.5, 0.6) is 0 Å². The van der Waals surface area contributed by atoms with Crippen molar-refractivity contribution in [1.29, 1.82) is 0 Å². The summed E-state index contributed by atoms with van der Waals surface area (Å²) >= 11 is 9.50. The van der Waals surface area contributed by atoms with Crippen molar-refractivity contribution in [2.45, 2.75) is 11.8 Å². The maximum Gasteiger partial charge on any atom is 0.255 e. The standard InChI is InChI=1S/C18H18BrClN2O4S/c1-12-10-13(19)2-4-15(12)18(23)21-14-3-5-16(20)17(11-14)27(24,25)22-6-8-26-9-7-22/h2-5,10-11H,6-9H2,1H3,(H,21,23). The molecule has 1 N–H and O–H groups in total. The Morgan fingerprint density at radius 3 is 2.56 bits per heavy atom. The molecule has 0 bridgehead atoms. The first kappa shape index (κ1) is 20.3. The first-order valence-electron chi connectivity index (χ1n) is 8.24. The van der Waals surface area contributed by atoms with E-state index in [1.54, 1.807) is 18.2 Å². The van der Waals surface area contributed by atoms with Gasteiger partial charge < -0.3 is 10.1 Å². The second-order valence-electron chi connectivity index (χ2n) is 6.08. The van der Waals surface area contributed by atoms with E-state index < -0.39 is 10.0 Å². The summed E-state index contributed by atoms with van der Waals surface area (Å²) in [5.74, 6) is -0.322. The van der Waals surface area contributed by atoms with Crippen LogP contribution in [-0.4, -0.2) is 44.9 Å². The number of carbonyl (C=O) groups excluding carboxylic acids is 1. The van der Waals surface area contributed by atoms with E-state index in [1.165, 1.54) is 16.4 Å². The predicted octanol–water partition coefficient (Wildman–Crippen LogP) is 3.68. The van der Waals surface area contributed by atoms with Gasteiger partial charge in [0.25, 0.3) is 5.91 Å². The number of rotatable bonds is 4. The van der Waals surface area contributed by atoms with Crippen LogP contribution in [0.2, 0.25) is 5.02 Å². The molecule has 3 rings (SSSR count). The Morgan fingerprint density at radius 2 is 1.89 bits per heavy atom. The Hall–Kier alpha value is -1.45. The molecule has 0 spiro atoms. The first-order chi connectivity index (χ1) is 12.8. The minimum Gasteiger partial charge on any atom is -0.379 e. The Morgan fingerprint density at radius 1 is 1.19 bits per heavy atom. The normalized spacial score (nSPS) is 15.5. The van der Waals surface area contributed by atoms with Crippen molar-refractivity contribution in [1.82, 2.24) is 4.31 Å². The highest BCUT2D eigenvalue weighted by atomic mass is 79.9. The van der Waals surface area contributed by atoms with Crippen LogP contribution in [0.4, 0.5) is 5.69 Å². The van der Waals surface area contributed by atoms with Gasteiger partial charge in [-0.1, -0.05) is 27.5 Å². The van der Waals surface area contributed by atoms with Gasteiger partial charge in [0.15, 0.2) is 0 Å². The van der Waals surface area contributed by atoms with Gasteiger partial charge in [0.2, 0.25) is 10.0 Å². The number of nitrogens with zero attached hydrogens (tertiary/aromatic N) is 1. The number of aryl methyl sites for hydroxylation is 1. The topological polar surface area (TPSA) is 75.7 Å². The van der Waals surface area contributed by atoms with E-state index in [1.807, 2.05) is 13.0 Å². The van der Waals surface area contributed by atoms with Gasteiger partial charge in [-0.3, -0.25) is 4.79 Å². The van der Waals surface area contributed by atoms with Crippen molar-refractivity contribution in [3.05, 3.63) is 57.0 Å². The van der Waals surface area contributed by atoms with E-state index in [2.05, 4.69) is 21.2 Å². The smallest absolute Gasteiger partial charge is 0.255 e. The zero-order chi connectivity index (χ0) is 19.6. The molecule has 0 saturated carbocycles. The molecular formula is C18H18BrClN2O4S. The van der Waals surface area contributed by atoms with Crippen LogP contribution in [0.15, 0.2) is 45.8 Å². The van der Waals surface area contributed by atoms with Gasteiger partial charge in [-0.05, 0) is 48.9 Å². The molecule has 0 atom stereocenters. The molecular weight excluding hydrogens is 456 g/mol. The van der Waals surface area contributed by atoms with Gasteiger partial charge in [-0.25, -0.2) is 8.42 Å². The van der Waals surface area contributed by atoms with Crippen LogP contribution < -0.4 is 5.32 Å². The van der Waals surface area contributed by atoms with Crippen molar-refractivity contribution < 1.29 is 17.9 Å². The van der Waals surface area contributed by atoms with Crippen molar-refractivity contribution >= 4 is 49.1 Å². The molecule has 2 aromatic carbocycles. The van der Waals surface area contributed by atoms with E-state index in [9.17, 15) is 13.2 Å². The number of halogens is 2. The Labute approximate surface area is 171 Å². The van der Waals surface area contributed by atoms with Crippen LogP contribution in [-0.2, 0) is 14.8 Å². The van der Waals surface area contributed by atoms with E-state index in [0.717, 1.165) is 10.0 Å². The van der Waals surface area contributed by atoms with Gasteiger partial charge in [0.05, 0.1) is 18.2 Å². The maximum atomic E-state index is 12.9. The fraction of sp³-hybridized carbons (Fsp3) is 0.278. The lowest BCUT2D eigenvalue weighted by Gasteiger charge is -2.26. The zero-order valence-corrected chi connectivity index (χ0v) is 17.7. The summed E-state index contributed by atoms with van der Waals surface area (Å²) in [6, 6.07) is 9.75. The molecule has 6 nitrogen and oxygen atoms in total. The molecule has 0 aromatic heterocycles. The molecule has 9 heteroatoms. The van der Waals surface area contributed by atoms with Crippen LogP contribution in [0.1, 0.15) is 15.9 Å². The lowest BCUT2D eigenvalue weighted by molar-refractivity contribution is 0.0730. The number of amides is 1. The van der Waals surface area contributed by atoms with Crippen molar-refractivity contribution in [2.24, 2.45) is 0 Å². The zero-order valence-electron chi connectivity index (χ0n) is 14.5. The number of benzene rings is 2. The number of anilines is 1. The molecule has 1 fully saturated rings. The third kappa shape index (κ3) is 4.52. The van der Waals surface area contributed by atoms with Gasteiger partial charge in [-0.15, -0.1) is 0 Å². The Kier molecular flexibility index (Phi) is 6.22. The van der Waals surface area contributed by atoms with Crippen LogP contribution in [0.3, 0.4) is 0 Å². The molecule has 27 heavy (non-hydrogen) atoms. The summed E-state index contributed by atoms with van der Waals surface area (Å²) in [6.07, 6.45) is 0. The SMILES string of the molecule is Cc1cc(Br)ccc1C(=O)Nc1ccc(Cl)c(S(=O)(=O)N2CCOCC2)c1. The molecule has 0 radical (unpaired) electrons. The minimum absolute atomic E-state index is 0.0311. The highest BCUT2D eigenvalue weighted by Gasteiger charge is 2.28. The van der Waals surface area contributed by atoms with Crippen LogP contribution >= 0.6 is 27.5 Å². The summed E-state index contributed by atoms with van der Waals surface area (Å²) in [6.45, 7) is 3.06. The molecule has 1 amide bonds. The molecule has 2 aromatic rings. The largest absolute Gasteiger partial charge is 0.379 e. The Balaban J connectivity index is 1.88. The predicted molar refractivity (Wildman–Crippen MR) is 108 cm³/mol. The first-order valence-corrected chi connectivity index (χ1v) is 10.8. The Bertz CT molecular complexity index is 975. The fourth-order valence-corrected chi connectivity index (χ4v) is 5.17. The minimum atomic E-state index is -3.77. The number of carbonyl (C=O) groups is 1. The molecule has 1 aliphatic heterocycles. The van der Waals surface area contributed by atoms with Crippen molar-refractivity contribution in [3.63, 3.8) is 0 Å². The molecule has 144 valence electrons. The van der Waals surface area contributed by atoms with Gasteiger partial charge in [0.1, 0.15) is 4.90 Å². The van der Waals surface area contributed by atoms with Gasteiger partial charge >= 0.3 is 0 Å². The molecule has 0 unspecified atom stereocenters. The number of hydrogen-bond acceptors (Lipinski definition) is 4. The van der Waals surface area contributed by atoms with Crippen LogP contribution in [0, 0.1) is 6.92 Å². The summed E-state index contributed by atoms with van der Waals surface area (Å²) in [4.78, 5) is 12.5. The number of hydrogen-bond donors (Lipinski definition) is 1. The summed E-state index contributed by atoms with van der Waals surface area (Å²) in [5, 5.41) is 2.85. The van der Waals surface area contributed by atoms with Gasteiger partial charge in [-0.2, -0.15) is 4.31 Å². The fourth-order valence-electron chi connectivity index (χ4n) is 2.79. The third-order valence-electron chi connectivity index (χ3n) is 4.21. The van der Waals surface area contributed by atoms with E-state index in [-0.39, 0.29) is 28.9 Å². The number of sulfonamides is 1. The molecule has 1 heterocycles. The maximum absolute atomic E-state index is 12.9. The quantitative estimate of drug-likeness (QED) is 0.735. The lowest BCUT2D eigenvalue weighted by Crippen LogP contribution is -2.40.